The number of aromatic nitrogens is 1. The normalized spacial score (nSPS) is 20.7. The molecule has 0 aliphatic carbocycles. The molecular weight excluding hydrogens is 218 g/mol. The lowest BCUT2D eigenvalue weighted by Gasteiger charge is -2.21. The van der Waals surface area contributed by atoms with Crippen molar-refractivity contribution in [3.8, 4) is 0 Å². The number of aryl methyl sites for hydroxylation is 1. The van der Waals surface area contributed by atoms with E-state index in [9.17, 15) is 4.79 Å². The van der Waals surface area contributed by atoms with Crippen LogP contribution in [0.4, 0.5) is 0 Å². The molecule has 1 fully saturated rings. The molecule has 1 aliphatic heterocycles. The number of hydrogen-bond donors (Lipinski definition) is 1. The van der Waals surface area contributed by atoms with Crippen molar-refractivity contribution in [2.24, 2.45) is 0 Å². The number of nitrogens with one attached hydrogen (secondary N) is 1. The lowest BCUT2D eigenvalue weighted by atomic mass is 10.1. The predicted octanol–water partition coefficient (Wildman–Crippen LogP) is 1.26. The molecule has 17 heavy (non-hydrogen) atoms. The van der Waals surface area contributed by atoms with Crippen molar-refractivity contribution >= 4 is 5.91 Å². The van der Waals surface area contributed by atoms with E-state index in [1.807, 2.05) is 19.9 Å². The van der Waals surface area contributed by atoms with Gasteiger partial charge in [0, 0.05) is 12.6 Å². The molecule has 1 saturated heterocycles. The minimum atomic E-state index is 0.0830. The van der Waals surface area contributed by atoms with Gasteiger partial charge in [-0.15, -0.1) is 0 Å². The summed E-state index contributed by atoms with van der Waals surface area (Å²) in [7, 11) is 0. The largest absolute Gasteiger partial charge is 0.361 e. The second-order valence-corrected chi connectivity index (χ2v) is 4.44. The number of carbonyl (C=O) groups is 1. The summed E-state index contributed by atoms with van der Waals surface area (Å²) in [5.74, 6) is 0.907. The Bertz CT molecular complexity index is 389. The summed E-state index contributed by atoms with van der Waals surface area (Å²) in [5, 5.41) is 6.88. The van der Waals surface area contributed by atoms with Crippen LogP contribution in [-0.4, -0.2) is 35.6 Å². The molecule has 1 amide bonds. The van der Waals surface area contributed by atoms with Crippen LogP contribution in [0.2, 0.25) is 0 Å². The van der Waals surface area contributed by atoms with Gasteiger partial charge in [-0.05, 0) is 33.2 Å². The van der Waals surface area contributed by atoms with Gasteiger partial charge in [0.1, 0.15) is 11.5 Å². The Labute approximate surface area is 101 Å². The molecule has 94 valence electrons. The van der Waals surface area contributed by atoms with Crippen LogP contribution in [0.15, 0.2) is 10.6 Å². The van der Waals surface area contributed by atoms with Crippen LogP contribution in [0.1, 0.15) is 37.3 Å². The van der Waals surface area contributed by atoms with E-state index in [4.69, 9.17) is 4.52 Å². The lowest BCUT2D eigenvalue weighted by Crippen LogP contribution is -2.36. The van der Waals surface area contributed by atoms with Crippen molar-refractivity contribution in [1.82, 2.24) is 15.4 Å². The molecule has 1 aliphatic rings. The van der Waals surface area contributed by atoms with Crippen LogP contribution in [0.3, 0.4) is 0 Å². The molecule has 0 bridgehead atoms. The lowest BCUT2D eigenvalue weighted by molar-refractivity contribution is -0.122. The number of carbonyl (C=O) groups excluding carboxylic acids is 1. The maximum atomic E-state index is 11.6. The van der Waals surface area contributed by atoms with Crippen molar-refractivity contribution < 1.29 is 9.32 Å². The van der Waals surface area contributed by atoms with E-state index in [-0.39, 0.29) is 11.9 Å². The van der Waals surface area contributed by atoms with E-state index >= 15 is 0 Å². The van der Waals surface area contributed by atoms with E-state index in [0.29, 0.717) is 13.1 Å². The van der Waals surface area contributed by atoms with E-state index < -0.39 is 0 Å². The van der Waals surface area contributed by atoms with Crippen LogP contribution in [0.5, 0.6) is 0 Å². The molecule has 2 rings (SSSR count). The molecule has 0 radical (unpaired) electrons. The highest BCUT2D eigenvalue weighted by Gasteiger charge is 2.29. The zero-order valence-electron chi connectivity index (χ0n) is 10.4. The number of amides is 1. The van der Waals surface area contributed by atoms with Crippen molar-refractivity contribution in [1.29, 1.82) is 0 Å². The molecule has 0 saturated carbocycles. The first kappa shape index (κ1) is 12.1. The van der Waals surface area contributed by atoms with Gasteiger partial charge < -0.3 is 9.84 Å². The van der Waals surface area contributed by atoms with Crippen molar-refractivity contribution in [2.75, 3.05) is 19.6 Å². The maximum Gasteiger partial charge on any atom is 0.234 e. The van der Waals surface area contributed by atoms with Crippen LogP contribution < -0.4 is 5.32 Å². The summed E-state index contributed by atoms with van der Waals surface area (Å²) < 4.78 is 5.10. The molecule has 2 heterocycles. The number of rotatable bonds is 4. The average Bonchev–Trinajstić information content (AvgIpc) is 2.87. The van der Waals surface area contributed by atoms with Gasteiger partial charge in [-0.25, -0.2) is 0 Å². The third kappa shape index (κ3) is 2.85. The molecule has 1 atom stereocenters. The summed E-state index contributed by atoms with van der Waals surface area (Å²) in [4.78, 5) is 13.8. The first-order chi connectivity index (χ1) is 8.20. The topological polar surface area (TPSA) is 58.4 Å². The number of hydrogen-bond acceptors (Lipinski definition) is 4. The maximum absolute atomic E-state index is 11.6. The van der Waals surface area contributed by atoms with Gasteiger partial charge in [0.05, 0.1) is 12.6 Å². The van der Waals surface area contributed by atoms with Gasteiger partial charge in [-0.2, -0.15) is 0 Å². The predicted molar refractivity (Wildman–Crippen MR) is 63.5 cm³/mol. The SMILES string of the molecule is CCNC(=O)CN1CCCC1c1cc(C)on1. The van der Waals surface area contributed by atoms with Gasteiger partial charge >= 0.3 is 0 Å². The van der Waals surface area contributed by atoms with E-state index in [1.165, 1.54) is 0 Å². The van der Waals surface area contributed by atoms with E-state index in [1.54, 1.807) is 0 Å². The second-order valence-electron chi connectivity index (χ2n) is 4.44. The summed E-state index contributed by atoms with van der Waals surface area (Å²) >= 11 is 0. The fourth-order valence-corrected chi connectivity index (χ4v) is 2.33. The summed E-state index contributed by atoms with van der Waals surface area (Å²) in [6, 6.07) is 2.19. The van der Waals surface area contributed by atoms with E-state index in [0.717, 1.165) is 30.8 Å². The Morgan fingerprint density at radius 1 is 1.71 bits per heavy atom. The van der Waals surface area contributed by atoms with Gasteiger partial charge in [0.2, 0.25) is 5.91 Å². The van der Waals surface area contributed by atoms with Crippen molar-refractivity contribution in [3.05, 3.63) is 17.5 Å². The number of likely N-dealkylation sites (tertiary alicyclic amines) is 1. The molecule has 1 unspecified atom stereocenters. The van der Waals surface area contributed by atoms with Crippen LogP contribution in [-0.2, 0) is 4.79 Å². The highest BCUT2D eigenvalue weighted by Crippen LogP contribution is 2.30. The number of likely N-dealkylation sites (N-methyl/N-ethyl adjacent to an activating group) is 1. The Hall–Kier alpha value is -1.36. The fraction of sp³-hybridized carbons (Fsp3) is 0.667. The van der Waals surface area contributed by atoms with Gasteiger partial charge in [-0.3, -0.25) is 9.69 Å². The summed E-state index contributed by atoms with van der Waals surface area (Å²) in [6.45, 7) is 5.90. The van der Waals surface area contributed by atoms with E-state index in [2.05, 4.69) is 15.4 Å². The zero-order valence-corrected chi connectivity index (χ0v) is 10.4. The molecule has 0 aromatic carbocycles. The van der Waals surface area contributed by atoms with Crippen molar-refractivity contribution in [3.63, 3.8) is 0 Å². The molecular formula is C12H19N3O2. The van der Waals surface area contributed by atoms with Gasteiger partial charge in [-0.1, -0.05) is 5.16 Å². The molecule has 1 N–H and O–H groups in total. The summed E-state index contributed by atoms with van der Waals surface area (Å²) in [6.07, 6.45) is 2.15. The highest BCUT2D eigenvalue weighted by molar-refractivity contribution is 5.78. The monoisotopic (exact) mass is 237 g/mol. The Kier molecular flexibility index (Phi) is 3.78. The van der Waals surface area contributed by atoms with Crippen LogP contribution in [0.25, 0.3) is 0 Å². The Morgan fingerprint density at radius 2 is 2.53 bits per heavy atom. The highest BCUT2D eigenvalue weighted by atomic mass is 16.5. The third-order valence-electron chi connectivity index (χ3n) is 3.07. The zero-order chi connectivity index (χ0) is 12.3. The van der Waals surface area contributed by atoms with Gasteiger partial charge in [0.25, 0.3) is 0 Å². The molecule has 5 nitrogen and oxygen atoms in total. The third-order valence-corrected chi connectivity index (χ3v) is 3.07. The van der Waals surface area contributed by atoms with Crippen molar-refractivity contribution in [2.45, 2.75) is 32.7 Å². The molecule has 1 aromatic rings. The van der Waals surface area contributed by atoms with Gasteiger partial charge in [0.15, 0.2) is 0 Å². The first-order valence-corrected chi connectivity index (χ1v) is 6.14. The standard InChI is InChI=1S/C12H19N3O2/c1-3-13-12(16)8-15-6-4-5-11(15)10-7-9(2)17-14-10/h7,11H,3-6,8H2,1-2H3,(H,13,16). The Morgan fingerprint density at radius 3 is 3.18 bits per heavy atom. The fourth-order valence-electron chi connectivity index (χ4n) is 2.33. The first-order valence-electron chi connectivity index (χ1n) is 6.14. The quantitative estimate of drug-likeness (QED) is 0.856. The molecule has 1 aromatic heterocycles. The second kappa shape index (κ2) is 5.31. The molecule has 5 heteroatoms. The minimum absolute atomic E-state index is 0.0830. The molecule has 0 spiro atoms. The minimum Gasteiger partial charge on any atom is -0.361 e. The average molecular weight is 237 g/mol. The van der Waals surface area contributed by atoms with Crippen LogP contribution in [0, 0.1) is 6.92 Å². The Balaban J connectivity index is 2.00. The van der Waals surface area contributed by atoms with Crippen LogP contribution >= 0.6 is 0 Å². The number of nitrogens with zero attached hydrogens (tertiary/aromatic N) is 2. The smallest absolute Gasteiger partial charge is 0.234 e. The summed E-state index contributed by atoms with van der Waals surface area (Å²) in [5.41, 5.74) is 0.948.